The average molecular weight is 340 g/mol. The van der Waals surface area contributed by atoms with Gasteiger partial charge in [-0.1, -0.05) is 37.3 Å². The van der Waals surface area contributed by atoms with E-state index < -0.39 is 0 Å². The van der Waals surface area contributed by atoms with Crippen LogP contribution in [0, 0.1) is 5.92 Å². The normalized spacial score (nSPS) is 27.5. The van der Waals surface area contributed by atoms with E-state index in [1.807, 2.05) is 25.2 Å². The molecule has 1 aliphatic rings. The fourth-order valence-corrected chi connectivity index (χ4v) is 2.92. The molecule has 0 bridgehead atoms. The van der Waals surface area contributed by atoms with Crippen LogP contribution in [0.25, 0.3) is 0 Å². The number of aliphatic hydroxyl groups excluding tert-OH is 1. The fourth-order valence-electron chi connectivity index (χ4n) is 2.92. The first kappa shape index (κ1) is 21.1. The summed E-state index contributed by atoms with van der Waals surface area (Å²) in [7, 11) is 3.28. The van der Waals surface area contributed by atoms with Crippen molar-refractivity contribution in [3.05, 3.63) is 37.0 Å². The van der Waals surface area contributed by atoms with Gasteiger partial charge in [0.05, 0.1) is 18.8 Å². The molecule has 1 saturated heterocycles. The summed E-state index contributed by atoms with van der Waals surface area (Å²) in [6, 6.07) is 0. The van der Waals surface area contributed by atoms with E-state index in [-0.39, 0.29) is 43.2 Å². The Hall–Kier alpha value is -0.980. The first-order valence-corrected chi connectivity index (χ1v) is 8.41. The molecule has 0 aromatic carbocycles. The predicted octanol–water partition coefficient (Wildman–Crippen LogP) is 2.86. The molecule has 1 N–H and O–H groups in total. The Morgan fingerprint density at radius 2 is 2.04 bits per heavy atom. The number of aliphatic hydroxyl groups is 1. The summed E-state index contributed by atoms with van der Waals surface area (Å²) in [6.45, 7) is 8.04. The second-order valence-corrected chi connectivity index (χ2v) is 6.20. The van der Waals surface area contributed by atoms with Crippen molar-refractivity contribution in [2.45, 2.75) is 50.6 Å². The van der Waals surface area contributed by atoms with Crippen molar-refractivity contribution in [2.24, 2.45) is 5.92 Å². The Labute approximate surface area is 145 Å². The summed E-state index contributed by atoms with van der Waals surface area (Å²) in [5.74, 6) is 0.0995. The van der Waals surface area contributed by atoms with Gasteiger partial charge in [0.2, 0.25) is 0 Å². The molecule has 1 fully saturated rings. The van der Waals surface area contributed by atoms with Gasteiger partial charge in [-0.2, -0.15) is 0 Å². The zero-order valence-electron chi connectivity index (χ0n) is 15.3. The van der Waals surface area contributed by atoms with Crippen LogP contribution < -0.4 is 0 Å². The maximum Gasteiger partial charge on any atom is 0.146 e. The number of hydrogen-bond donors (Lipinski definition) is 1. The zero-order chi connectivity index (χ0) is 18.0. The van der Waals surface area contributed by atoms with Crippen LogP contribution in [-0.4, -0.2) is 56.6 Å². The van der Waals surface area contributed by atoms with Gasteiger partial charge in [0, 0.05) is 20.1 Å². The fraction of sp³-hybridized carbons (Fsp3) is 0.684. The van der Waals surface area contributed by atoms with Gasteiger partial charge >= 0.3 is 0 Å². The van der Waals surface area contributed by atoms with Gasteiger partial charge < -0.3 is 24.1 Å². The summed E-state index contributed by atoms with van der Waals surface area (Å²) < 4.78 is 22.5. The molecule has 1 aliphatic heterocycles. The second kappa shape index (κ2) is 10.8. The Balaban J connectivity index is 2.77. The number of unbranched alkanes of at least 4 members (excludes halogenated alkanes) is 1. The van der Waals surface area contributed by atoms with E-state index in [1.54, 1.807) is 20.3 Å². The number of methoxy groups -OCH3 is 2. The first-order valence-electron chi connectivity index (χ1n) is 8.41. The molecule has 0 unspecified atom stereocenters. The molecule has 1 heterocycles. The van der Waals surface area contributed by atoms with E-state index in [9.17, 15) is 0 Å². The van der Waals surface area contributed by atoms with Crippen molar-refractivity contribution in [3.63, 3.8) is 0 Å². The van der Waals surface area contributed by atoms with E-state index in [2.05, 4.69) is 19.6 Å². The Kier molecular flexibility index (Phi) is 9.48. The lowest BCUT2D eigenvalue weighted by Gasteiger charge is -2.28. The van der Waals surface area contributed by atoms with Gasteiger partial charge in [0.25, 0.3) is 0 Å². The number of epoxide rings is 1. The van der Waals surface area contributed by atoms with Crippen molar-refractivity contribution in [1.29, 1.82) is 0 Å². The van der Waals surface area contributed by atoms with Gasteiger partial charge in [0.1, 0.15) is 18.5 Å². The highest BCUT2D eigenvalue weighted by atomic mass is 16.7. The van der Waals surface area contributed by atoms with Crippen LogP contribution in [0.5, 0.6) is 0 Å². The highest BCUT2D eigenvalue weighted by Crippen LogP contribution is 2.44. The first-order chi connectivity index (χ1) is 11.5. The van der Waals surface area contributed by atoms with Gasteiger partial charge in [-0.05, 0) is 19.8 Å². The minimum atomic E-state index is -0.359. The summed E-state index contributed by atoms with van der Waals surface area (Å²) in [6.07, 6.45) is 11.1. The molecule has 5 atom stereocenters. The molecule has 0 saturated carbocycles. The molecule has 0 radical (unpaired) electrons. The van der Waals surface area contributed by atoms with Crippen molar-refractivity contribution in [3.8, 4) is 0 Å². The molecular weight excluding hydrogens is 308 g/mol. The third-order valence-corrected chi connectivity index (χ3v) is 4.28. The van der Waals surface area contributed by atoms with E-state index in [0.29, 0.717) is 0 Å². The minimum Gasteiger partial charge on any atom is -0.392 e. The molecule has 0 spiro atoms. The van der Waals surface area contributed by atoms with Crippen LogP contribution >= 0.6 is 0 Å². The number of hydrogen-bond acceptors (Lipinski definition) is 5. The van der Waals surface area contributed by atoms with Crippen molar-refractivity contribution in [2.75, 3.05) is 27.6 Å². The van der Waals surface area contributed by atoms with Crippen molar-refractivity contribution >= 4 is 0 Å². The minimum absolute atomic E-state index is 0.0103. The van der Waals surface area contributed by atoms with E-state index in [0.717, 1.165) is 12.8 Å². The van der Waals surface area contributed by atoms with Crippen LogP contribution in [0.2, 0.25) is 0 Å². The van der Waals surface area contributed by atoms with Crippen LogP contribution in [0.15, 0.2) is 37.0 Å². The molecule has 5 nitrogen and oxygen atoms in total. The van der Waals surface area contributed by atoms with Gasteiger partial charge in [-0.25, -0.2) is 0 Å². The lowest BCUT2D eigenvalue weighted by Crippen LogP contribution is -2.39. The predicted molar refractivity (Wildman–Crippen MR) is 94.8 cm³/mol. The van der Waals surface area contributed by atoms with Crippen molar-refractivity contribution in [1.82, 2.24) is 0 Å². The molecule has 0 amide bonds. The molecule has 0 aliphatic carbocycles. The number of ether oxygens (including phenoxy) is 4. The van der Waals surface area contributed by atoms with Gasteiger partial charge in [-0.15, -0.1) is 6.58 Å². The Morgan fingerprint density at radius 3 is 2.62 bits per heavy atom. The molecule has 0 aromatic rings. The van der Waals surface area contributed by atoms with E-state index in [4.69, 9.17) is 24.1 Å². The third-order valence-electron chi connectivity index (χ3n) is 4.28. The standard InChI is InChI=1S/C19H32O5/c1-6-7-8-9-11-16(22-5)17(23-14-21-4)15(2)18-19(3,24-18)12-10-13-20/h6,9-12,15-18,20H,1,7-8,13-14H2,2-5H3/b11-9+,12-10+/t15-,16-,17-,18+,19-/m0/s1. The van der Waals surface area contributed by atoms with Gasteiger partial charge in [0.15, 0.2) is 0 Å². The lowest BCUT2D eigenvalue weighted by molar-refractivity contribution is -0.130. The molecule has 5 heteroatoms. The Morgan fingerprint density at radius 1 is 1.29 bits per heavy atom. The van der Waals surface area contributed by atoms with Crippen LogP contribution in [0.4, 0.5) is 0 Å². The maximum atomic E-state index is 8.95. The van der Waals surface area contributed by atoms with Crippen LogP contribution in [-0.2, 0) is 18.9 Å². The van der Waals surface area contributed by atoms with E-state index in [1.165, 1.54) is 0 Å². The molecule has 24 heavy (non-hydrogen) atoms. The van der Waals surface area contributed by atoms with Gasteiger partial charge in [-0.3, -0.25) is 0 Å². The SMILES string of the molecule is C=CCC/C=C/[C@H](OC)[C@@H](OCOC)[C@H](C)[C@H]1O[C@@]1(C)/C=C/CO. The van der Waals surface area contributed by atoms with Crippen LogP contribution in [0.3, 0.4) is 0 Å². The lowest BCUT2D eigenvalue weighted by atomic mass is 9.89. The smallest absolute Gasteiger partial charge is 0.146 e. The molecular formula is C19H32O5. The number of rotatable bonds is 13. The van der Waals surface area contributed by atoms with Crippen molar-refractivity contribution < 1.29 is 24.1 Å². The topological polar surface area (TPSA) is 60.5 Å². The molecule has 0 aromatic heterocycles. The second-order valence-electron chi connectivity index (χ2n) is 6.20. The van der Waals surface area contributed by atoms with E-state index >= 15 is 0 Å². The monoisotopic (exact) mass is 340 g/mol. The average Bonchev–Trinajstić information content (AvgIpc) is 3.26. The Bertz CT molecular complexity index is 420. The summed E-state index contributed by atoms with van der Waals surface area (Å²) in [5.41, 5.74) is -0.359. The quantitative estimate of drug-likeness (QED) is 0.242. The summed E-state index contributed by atoms with van der Waals surface area (Å²) in [5, 5.41) is 8.95. The highest BCUT2D eigenvalue weighted by Gasteiger charge is 2.55. The molecule has 138 valence electrons. The molecule has 1 rings (SSSR count). The van der Waals surface area contributed by atoms with Crippen LogP contribution in [0.1, 0.15) is 26.7 Å². The third kappa shape index (κ3) is 6.15. The summed E-state index contributed by atoms with van der Waals surface area (Å²) in [4.78, 5) is 0. The summed E-state index contributed by atoms with van der Waals surface area (Å²) >= 11 is 0. The largest absolute Gasteiger partial charge is 0.392 e. The maximum absolute atomic E-state index is 8.95. The highest BCUT2D eigenvalue weighted by molar-refractivity contribution is 5.17. The number of allylic oxidation sites excluding steroid dienone is 2. The zero-order valence-corrected chi connectivity index (χ0v) is 15.3.